The van der Waals surface area contributed by atoms with E-state index in [9.17, 15) is 9.18 Å². The average molecular weight is 413 g/mol. The number of rotatable bonds is 4. The predicted molar refractivity (Wildman–Crippen MR) is 114 cm³/mol. The molecule has 29 heavy (non-hydrogen) atoms. The minimum absolute atomic E-state index is 0.223. The van der Waals surface area contributed by atoms with Crippen molar-refractivity contribution in [3.8, 4) is 5.75 Å². The minimum Gasteiger partial charge on any atom is -0.423 e. The molecular weight excluding hydrogens is 387 g/mol. The van der Waals surface area contributed by atoms with Gasteiger partial charge in [-0.15, -0.1) is 6.58 Å². The van der Waals surface area contributed by atoms with E-state index < -0.39 is 5.97 Å². The van der Waals surface area contributed by atoms with Gasteiger partial charge in [-0.1, -0.05) is 23.7 Å². The van der Waals surface area contributed by atoms with Gasteiger partial charge in [-0.25, -0.2) is 9.18 Å². The van der Waals surface area contributed by atoms with E-state index in [-0.39, 0.29) is 17.3 Å². The van der Waals surface area contributed by atoms with Crippen LogP contribution in [0, 0.1) is 23.6 Å². The number of carbonyl (C=O) groups excluding carboxylic acids is 1. The molecule has 0 amide bonds. The van der Waals surface area contributed by atoms with Gasteiger partial charge in [0.05, 0.1) is 5.56 Å². The maximum atomic E-state index is 14.9. The van der Waals surface area contributed by atoms with Gasteiger partial charge in [0.2, 0.25) is 0 Å². The molecule has 0 N–H and O–H groups in total. The fraction of sp³-hybridized carbons (Fsp3) is 0.400. The SMILES string of the molecule is C=CC1CCC2CC(c3ccc(C(=O)Oc4ccc(Cl)cc4)cc3F)CCC2C1. The Bertz CT molecular complexity index is 892. The smallest absolute Gasteiger partial charge is 0.343 e. The van der Waals surface area contributed by atoms with Crippen LogP contribution < -0.4 is 4.74 Å². The molecule has 2 fully saturated rings. The van der Waals surface area contributed by atoms with E-state index in [0.717, 1.165) is 30.7 Å². The van der Waals surface area contributed by atoms with E-state index in [1.54, 1.807) is 36.4 Å². The van der Waals surface area contributed by atoms with E-state index >= 15 is 0 Å². The van der Waals surface area contributed by atoms with Crippen LogP contribution in [0.2, 0.25) is 5.02 Å². The molecule has 2 aliphatic carbocycles. The van der Waals surface area contributed by atoms with Gasteiger partial charge >= 0.3 is 5.97 Å². The Morgan fingerprint density at radius 2 is 1.76 bits per heavy atom. The van der Waals surface area contributed by atoms with Crippen molar-refractivity contribution in [2.75, 3.05) is 0 Å². The highest BCUT2D eigenvalue weighted by Crippen LogP contribution is 2.48. The molecule has 2 nitrogen and oxygen atoms in total. The minimum atomic E-state index is -0.566. The maximum absolute atomic E-state index is 14.9. The van der Waals surface area contributed by atoms with Gasteiger partial charge in [0.1, 0.15) is 11.6 Å². The number of hydrogen-bond donors (Lipinski definition) is 0. The molecule has 2 aromatic rings. The molecule has 4 unspecified atom stereocenters. The number of allylic oxidation sites excluding steroid dienone is 1. The highest BCUT2D eigenvalue weighted by molar-refractivity contribution is 6.30. The standard InChI is InChI=1S/C25H26ClFO2/c1-2-16-3-4-18-14-19(6-5-17(18)13-16)23-12-7-20(15-24(23)27)25(28)29-22-10-8-21(26)9-11-22/h2,7-12,15-19H,1,3-6,13-14H2. The second-order valence-corrected chi connectivity index (χ2v) is 8.86. The van der Waals surface area contributed by atoms with Gasteiger partial charge in [-0.3, -0.25) is 0 Å². The summed E-state index contributed by atoms with van der Waals surface area (Å²) in [5, 5.41) is 0.563. The number of esters is 1. The summed E-state index contributed by atoms with van der Waals surface area (Å²) >= 11 is 5.84. The first-order valence-corrected chi connectivity index (χ1v) is 10.8. The van der Waals surface area contributed by atoms with Gasteiger partial charge in [-0.2, -0.15) is 0 Å². The average Bonchev–Trinajstić information content (AvgIpc) is 2.74. The molecule has 4 heteroatoms. The summed E-state index contributed by atoms with van der Waals surface area (Å²) in [5.74, 6) is 1.83. The Balaban J connectivity index is 1.43. The fourth-order valence-corrected chi connectivity index (χ4v) is 5.20. The van der Waals surface area contributed by atoms with Crippen LogP contribution in [0.15, 0.2) is 55.1 Å². The van der Waals surface area contributed by atoms with Gasteiger partial charge in [0.15, 0.2) is 0 Å². The Morgan fingerprint density at radius 1 is 1.03 bits per heavy atom. The lowest BCUT2D eigenvalue weighted by Crippen LogP contribution is -2.30. The number of hydrogen-bond acceptors (Lipinski definition) is 2. The fourth-order valence-electron chi connectivity index (χ4n) is 5.08. The van der Waals surface area contributed by atoms with Crippen molar-refractivity contribution < 1.29 is 13.9 Å². The van der Waals surface area contributed by atoms with E-state index in [2.05, 4.69) is 12.7 Å². The largest absolute Gasteiger partial charge is 0.423 e. The first-order chi connectivity index (χ1) is 14.0. The molecule has 152 valence electrons. The lowest BCUT2D eigenvalue weighted by Gasteiger charge is -2.41. The van der Waals surface area contributed by atoms with Gasteiger partial charge in [0.25, 0.3) is 0 Å². The van der Waals surface area contributed by atoms with Crippen molar-refractivity contribution in [1.29, 1.82) is 0 Å². The summed E-state index contributed by atoms with van der Waals surface area (Å²) < 4.78 is 20.2. The summed E-state index contributed by atoms with van der Waals surface area (Å²) in [4.78, 5) is 12.4. The third-order valence-corrected chi connectivity index (χ3v) is 6.94. The van der Waals surface area contributed by atoms with Crippen molar-refractivity contribution in [3.05, 3.63) is 77.1 Å². The van der Waals surface area contributed by atoms with Crippen LogP contribution >= 0.6 is 11.6 Å². The third-order valence-electron chi connectivity index (χ3n) is 6.69. The van der Waals surface area contributed by atoms with Crippen molar-refractivity contribution in [2.24, 2.45) is 17.8 Å². The van der Waals surface area contributed by atoms with Crippen molar-refractivity contribution in [1.82, 2.24) is 0 Å². The zero-order valence-corrected chi connectivity index (χ0v) is 17.2. The summed E-state index contributed by atoms with van der Waals surface area (Å²) in [6.07, 6.45) is 8.96. The summed E-state index contributed by atoms with van der Waals surface area (Å²) in [5.41, 5.74) is 0.957. The first kappa shape index (κ1) is 20.2. The molecule has 0 aliphatic heterocycles. The number of halogens is 2. The molecule has 0 spiro atoms. The molecule has 2 saturated carbocycles. The van der Waals surface area contributed by atoms with Crippen LogP contribution in [-0.2, 0) is 0 Å². The number of fused-ring (bicyclic) bond motifs is 1. The number of ether oxygens (including phenoxy) is 1. The maximum Gasteiger partial charge on any atom is 0.343 e. The van der Waals surface area contributed by atoms with Crippen molar-refractivity contribution in [2.45, 2.75) is 44.4 Å². The van der Waals surface area contributed by atoms with Crippen LogP contribution in [0.5, 0.6) is 5.75 Å². The van der Waals surface area contributed by atoms with Gasteiger partial charge < -0.3 is 4.74 Å². The number of benzene rings is 2. The lowest BCUT2D eigenvalue weighted by molar-refractivity contribution is 0.0734. The predicted octanol–water partition coefficient (Wildman–Crippen LogP) is 7.18. The molecule has 0 heterocycles. The van der Waals surface area contributed by atoms with Crippen LogP contribution in [0.3, 0.4) is 0 Å². The third kappa shape index (κ3) is 4.56. The molecule has 0 saturated heterocycles. The van der Waals surface area contributed by atoms with E-state index in [0.29, 0.717) is 22.6 Å². The molecule has 4 atom stereocenters. The molecular formula is C25H26ClFO2. The molecule has 0 bridgehead atoms. The first-order valence-electron chi connectivity index (χ1n) is 10.4. The Hall–Kier alpha value is -2.13. The second kappa shape index (κ2) is 8.71. The summed E-state index contributed by atoms with van der Waals surface area (Å²) in [7, 11) is 0. The van der Waals surface area contributed by atoms with Crippen LogP contribution in [0.1, 0.15) is 60.4 Å². The second-order valence-electron chi connectivity index (χ2n) is 8.42. The van der Waals surface area contributed by atoms with Gasteiger partial charge in [0, 0.05) is 5.02 Å². The van der Waals surface area contributed by atoms with E-state index in [1.807, 2.05) is 0 Å². The van der Waals surface area contributed by atoms with E-state index in [1.165, 1.54) is 25.3 Å². The molecule has 4 rings (SSSR count). The molecule has 2 aromatic carbocycles. The Morgan fingerprint density at radius 3 is 2.48 bits per heavy atom. The monoisotopic (exact) mass is 412 g/mol. The summed E-state index contributed by atoms with van der Waals surface area (Å²) in [6, 6.07) is 11.3. The Labute approximate surface area is 176 Å². The van der Waals surface area contributed by atoms with Crippen LogP contribution in [-0.4, -0.2) is 5.97 Å². The zero-order chi connectivity index (χ0) is 20.4. The lowest BCUT2D eigenvalue weighted by atomic mass is 9.64. The molecule has 0 aromatic heterocycles. The van der Waals surface area contributed by atoms with E-state index in [4.69, 9.17) is 16.3 Å². The van der Waals surface area contributed by atoms with Crippen molar-refractivity contribution in [3.63, 3.8) is 0 Å². The highest BCUT2D eigenvalue weighted by atomic mass is 35.5. The van der Waals surface area contributed by atoms with Gasteiger partial charge in [-0.05, 0) is 104 Å². The normalized spacial score (nSPS) is 26.4. The topological polar surface area (TPSA) is 26.3 Å². The highest BCUT2D eigenvalue weighted by Gasteiger charge is 2.36. The summed E-state index contributed by atoms with van der Waals surface area (Å²) in [6.45, 7) is 3.96. The Kier molecular flexibility index (Phi) is 6.05. The van der Waals surface area contributed by atoms with Crippen LogP contribution in [0.25, 0.3) is 0 Å². The zero-order valence-electron chi connectivity index (χ0n) is 16.5. The van der Waals surface area contributed by atoms with Crippen LogP contribution in [0.4, 0.5) is 4.39 Å². The number of carbonyl (C=O) groups is 1. The molecule has 2 aliphatic rings. The van der Waals surface area contributed by atoms with Crippen molar-refractivity contribution >= 4 is 17.6 Å². The quantitative estimate of drug-likeness (QED) is 0.302. The molecule has 0 radical (unpaired) electrons.